The predicted octanol–water partition coefficient (Wildman–Crippen LogP) is 3.38. The van der Waals surface area contributed by atoms with E-state index in [-0.39, 0.29) is 5.78 Å². The Balaban J connectivity index is 2.69. The molecular weight excluding hydrogens is 176 g/mol. The summed E-state index contributed by atoms with van der Waals surface area (Å²) in [5, 5.41) is 9.60. The first-order chi connectivity index (χ1) is 6.69. The van der Waals surface area contributed by atoms with Crippen molar-refractivity contribution in [3.8, 4) is 0 Å². The van der Waals surface area contributed by atoms with Crippen LogP contribution in [0.4, 0.5) is 0 Å². The van der Waals surface area contributed by atoms with Crippen LogP contribution in [-0.4, -0.2) is 10.9 Å². The van der Waals surface area contributed by atoms with E-state index in [2.05, 4.69) is 6.92 Å². The van der Waals surface area contributed by atoms with Gasteiger partial charge in [-0.2, -0.15) is 0 Å². The number of allylic oxidation sites excluding steroid dienone is 2. The third-order valence-corrected chi connectivity index (χ3v) is 2.99. The van der Waals surface area contributed by atoms with Crippen molar-refractivity contribution >= 4 is 5.78 Å². The molecule has 0 bridgehead atoms. The summed E-state index contributed by atoms with van der Waals surface area (Å²) in [7, 11) is 0. The standard InChI is InChI=1S/C12H20O2/c1-3-5-9-6-7-12(14)10(8-9)11(13)4-2/h9,13H,3-8H2,1-2H3. The number of hydrogen-bond acceptors (Lipinski definition) is 2. The Hall–Kier alpha value is -0.790. The lowest BCUT2D eigenvalue weighted by atomic mass is 9.81. The molecule has 1 N–H and O–H groups in total. The van der Waals surface area contributed by atoms with Crippen molar-refractivity contribution in [1.29, 1.82) is 0 Å². The minimum Gasteiger partial charge on any atom is -0.512 e. The first-order valence-corrected chi connectivity index (χ1v) is 5.63. The molecule has 1 rings (SSSR count). The highest BCUT2D eigenvalue weighted by atomic mass is 16.3. The van der Waals surface area contributed by atoms with Gasteiger partial charge in [-0.05, 0) is 18.8 Å². The van der Waals surface area contributed by atoms with Crippen molar-refractivity contribution < 1.29 is 9.90 Å². The van der Waals surface area contributed by atoms with Gasteiger partial charge < -0.3 is 5.11 Å². The van der Waals surface area contributed by atoms with Crippen molar-refractivity contribution in [2.75, 3.05) is 0 Å². The number of aliphatic hydroxyl groups excluding tert-OH is 1. The Labute approximate surface area is 86.0 Å². The van der Waals surface area contributed by atoms with E-state index in [9.17, 15) is 9.90 Å². The van der Waals surface area contributed by atoms with Gasteiger partial charge in [-0.1, -0.05) is 26.7 Å². The molecule has 14 heavy (non-hydrogen) atoms. The van der Waals surface area contributed by atoms with E-state index in [4.69, 9.17) is 0 Å². The first kappa shape index (κ1) is 11.3. The van der Waals surface area contributed by atoms with Crippen molar-refractivity contribution in [3.63, 3.8) is 0 Å². The highest BCUT2D eigenvalue weighted by Gasteiger charge is 2.24. The molecule has 2 nitrogen and oxygen atoms in total. The number of carbonyl (C=O) groups excluding carboxylic acids is 1. The van der Waals surface area contributed by atoms with Crippen molar-refractivity contribution in [2.24, 2.45) is 5.92 Å². The molecule has 0 aromatic carbocycles. The fraction of sp³-hybridized carbons (Fsp3) is 0.750. The average Bonchev–Trinajstić information content (AvgIpc) is 2.20. The monoisotopic (exact) mass is 196 g/mol. The van der Waals surface area contributed by atoms with Gasteiger partial charge in [0.25, 0.3) is 0 Å². The van der Waals surface area contributed by atoms with Gasteiger partial charge in [0, 0.05) is 18.4 Å². The second-order valence-corrected chi connectivity index (χ2v) is 4.10. The van der Waals surface area contributed by atoms with Crippen LogP contribution in [-0.2, 0) is 4.79 Å². The van der Waals surface area contributed by atoms with Crippen LogP contribution in [0.15, 0.2) is 11.3 Å². The van der Waals surface area contributed by atoms with Crippen LogP contribution in [0.25, 0.3) is 0 Å². The summed E-state index contributed by atoms with van der Waals surface area (Å²) < 4.78 is 0. The molecule has 0 spiro atoms. The van der Waals surface area contributed by atoms with Crippen LogP contribution in [0.3, 0.4) is 0 Å². The molecule has 0 amide bonds. The van der Waals surface area contributed by atoms with Crippen LogP contribution in [0.1, 0.15) is 52.4 Å². The number of aliphatic hydroxyl groups is 1. The largest absolute Gasteiger partial charge is 0.512 e. The molecule has 0 aromatic rings. The van der Waals surface area contributed by atoms with E-state index in [0.29, 0.717) is 30.1 Å². The fourth-order valence-electron chi connectivity index (χ4n) is 2.14. The molecule has 1 unspecified atom stereocenters. The van der Waals surface area contributed by atoms with Crippen molar-refractivity contribution in [1.82, 2.24) is 0 Å². The Kier molecular flexibility index (Phi) is 4.18. The zero-order valence-corrected chi connectivity index (χ0v) is 9.18. The number of carbonyl (C=O) groups is 1. The Morgan fingerprint density at radius 3 is 2.79 bits per heavy atom. The lowest BCUT2D eigenvalue weighted by Gasteiger charge is -2.23. The van der Waals surface area contributed by atoms with Gasteiger partial charge in [0.15, 0.2) is 5.78 Å². The van der Waals surface area contributed by atoms with Crippen LogP contribution in [0.2, 0.25) is 0 Å². The van der Waals surface area contributed by atoms with Gasteiger partial charge >= 0.3 is 0 Å². The Bertz CT molecular complexity index is 241. The SMILES string of the molecule is CCCC1CCC(=O)C(=C(O)CC)C1. The minimum absolute atomic E-state index is 0.164. The molecule has 0 aromatic heterocycles. The highest BCUT2D eigenvalue weighted by molar-refractivity contribution is 5.96. The van der Waals surface area contributed by atoms with Crippen LogP contribution in [0, 0.1) is 5.92 Å². The molecule has 0 radical (unpaired) electrons. The van der Waals surface area contributed by atoms with Gasteiger partial charge in [-0.15, -0.1) is 0 Å². The molecule has 1 fully saturated rings. The van der Waals surface area contributed by atoms with E-state index in [0.717, 1.165) is 12.8 Å². The van der Waals surface area contributed by atoms with Crippen molar-refractivity contribution in [3.05, 3.63) is 11.3 Å². The summed E-state index contributed by atoms with van der Waals surface area (Å²) in [5.41, 5.74) is 0.706. The molecule has 0 heterocycles. The summed E-state index contributed by atoms with van der Waals surface area (Å²) in [4.78, 5) is 11.5. The molecule has 2 heteroatoms. The van der Waals surface area contributed by atoms with Crippen molar-refractivity contribution in [2.45, 2.75) is 52.4 Å². The zero-order valence-electron chi connectivity index (χ0n) is 9.18. The third kappa shape index (κ3) is 2.60. The molecule has 1 atom stereocenters. The molecule has 80 valence electrons. The molecular formula is C12H20O2. The van der Waals surface area contributed by atoms with E-state index in [1.807, 2.05) is 6.92 Å². The van der Waals surface area contributed by atoms with Crippen LogP contribution >= 0.6 is 0 Å². The summed E-state index contributed by atoms with van der Waals surface area (Å²) >= 11 is 0. The Morgan fingerprint density at radius 2 is 2.21 bits per heavy atom. The number of Topliss-reactive ketones (excluding diaryl/α,β-unsaturated/α-hetero) is 1. The lowest BCUT2D eigenvalue weighted by Crippen LogP contribution is -2.18. The molecule has 1 aliphatic carbocycles. The van der Waals surface area contributed by atoms with Crippen LogP contribution < -0.4 is 0 Å². The number of rotatable bonds is 3. The Morgan fingerprint density at radius 1 is 1.50 bits per heavy atom. The maximum Gasteiger partial charge on any atom is 0.162 e. The average molecular weight is 196 g/mol. The number of hydrogen-bond donors (Lipinski definition) is 1. The van der Waals surface area contributed by atoms with Gasteiger partial charge in [0.05, 0.1) is 5.76 Å². The predicted molar refractivity (Wildman–Crippen MR) is 57.2 cm³/mol. The highest BCUT2D eigenvalue weighted by Crippen LogP contribution is 2.31. The smallest absolute Gasteiger partial charge is 0.162 e. The molecule has 1 aliphatic rings. The van der Waals surface area contributed by atoms with Gasteiger partial charge in [-0.3, -0.25) is 4.79 Å². The topological polar surface area (TPSA) is 37.3 Å². The maximum atomic E-state index is 11.5. The molecule has 1 saturated carbocycles. The van der Waals surface area contributed by atoms with E-state index in [1.54, 1.807) is 0 Å². The van der Waals surface area contributed by atoms with Gasteiger partial charge in [-0.25, -0.2) is 0 Å². The molecule has 0 saturated heterocycles. The summed E-state index contributed by atoms with van der Waals surface area (Å²) in [6, 6.07) is 0. The summed E-state index contributed by atoms with van der Waals surface area (Å²) in [6.45, 7) is 4.05. The lowest BCUT2D eigenvalue weighted by molar-refractivity contribution is -0.117. The van der Waals surface area contributed by atoms with Crippen LogP contribution in [0.5, 0.6) is 0 Å². The van der Waals surface area contributed by atoms with E-state index >= 15 is 0 Å². The van der Waals surface area contributed by atoms with E-state index < -0.39 is 0 Å². The maximum absolute atomic E-state index is 11.5. The van der Waals surface area contributed by atoms with Gasteiger partial charge in [0.1, 0.15) is 0 Å². The second kappa shape index (κ2) is 5.18. The third-order valence-electron chi connectivity index (χ3n) is 2.99. The minimum atomic E-state index is 0.164. The number of ketones is 1. The normalized spacial score (nSPS) is 26.4. The quantitative estimate of drug-likeness (QED) is 0.555. The summed E-state index contributed by atoms with van der Waals surface area (Å²) in [5.74, 6) is 1.09. The zero-order chi connectivity index (χ0) is 10.6. The first-order valence-electron chi connectivity index (χ1n) is 5.63. The summed E-state index contributed by atoms with van der Waals surface area (Å²) in [6.07, 6.45) is 5.36. The van der Waals surface area contributed by atoms with Gasteiger partial charge in [0.2, 0.25) is 0 Å². The fourth-order valence-corrected chi connectivity index (χ4v) is 2.14. The van der Waals surface area contributed by atoms with E-state index in [1.165, 1.54) is 12.8 Å². The molecule has 0 aliphatic heterocycles. The second-order valence-electron chi connectivity index (χ2n) is 4.10.